The number of carbonyl (C=O) groups excluding carboxylic acids is 1. The predicted molar refractivity (Wildman–Crippen MR) is 163 cm³/mol. The van der Waals surface area contributed by atoms with Crippen LogP contribution in [-0.2, 0) is 4.79 Å². The Labute approximate surface area is 241 Å². The molecule has 0 aliphatic rings. The third kappa shape index (κ3) is 9.39. The number of nitrogens with zero attached hydrogens (tertiary/aromatic N) is 5. The van der Waals surface area contributed by atoms with Crippen molar-refractivity contribution in [3.8, 4) is 5.75 Å². The largest absolute Gasteiger partial charge is 0.490 e. The fourth-order valence-electron chi connectivity index (χ4n) is 4.18. The quantitative estimate of drug-likeness (QED) is 0.136. The van der Waals surface area contributed by atoms with Crippen LogP contribution in [0.5, 0.6) is 5.75 Å². The molecule has 0 aliphatic carbocycles. The monoisotopic (exact) mass is 569 g/mol. The van der Waals surface area contributed by atoms with E-state index in [9.17, 15) is 4.79 Å². The number of benzene rings is 1. The molecule has 0 atom stereocenters. The lowest BCUT2D eigenvalue weighted by Gasteiger charge is -2.26. The minimum absolute atomic E-state index is 0.105. The smallest absolute Gasteiger partial charge is 0.221 e. The number of nitrogens with one attached hydrogen (secondary N) is 4. The topological polar surface area (TPSA) is 123 Å². The van der Waals surface area contributed by atoms with Crippen LogP contribution in [-0.4, -0.2) is 83.9 Å². The molecular formula is C28H43N9O2S. The summed E-state index contributed by atoms with van der Waals surface area (Å²) in [6.45, 7) is 16.5. The molecule has 0 fully saturated rings. The van der Waals surface area contributed by atoms with Gasteiger partial charge in [0, 0.05) is 62.0 Å². The van der Waals surface area contributed by atoms with Crippen LogP contribution in [0.25, 0.3) is 0 Å². The Morgan fingerprint density at radius 3 is 2.38 bits per heavy atom. The van der Waals surface area contributed by atoms with Gasteiger partial charge in [-0.25, -0.2) is 9.97 Å². The number of carbonyl (C=O) groups is 1. The molecule has 0 spiro atoms. The molecule has 40 heavy (non-hydrogen) atoms. The van der Waals surface area contributed by atoms with Crippen molar-refractivity contribution < 1.29 is 9.53 Å². The van der Waals surface area contributed by atoms with E-state index in [0.29, 0.717) is 22.5 Å². The van der Waals surface area contributed by atoms with E-state index < -0.39 is 0 Å². The van der Waals surface area contributed by atoms with Crippen molar-refractivity contribution >= 4 is 40.8 Å². The Bertz CT molecular complexity index is 1200. The number of rotatable bonds is 17. The Kier molecular flexibility index (Phi) is 12.5. The molecule has 3 aromatic rings. The van der Waals surface area contributed by atoms with E-state index in [4.69, 9.17) is 14.7 Å². The van der Waals surface area contributed by atoms with E-state index in [1.807, 2.05) is 37.3 Å². The van der Waals surface area contributed by atoms with Crippen molar-refractivity contribution in [2.24, 2.45) is 0 Å². The second kappa shape index (κ2) is 16.0. The highest BCUT2D eigenvalue weighted by atomic mass is 32.2. The highest BCUT2D eigenvalue weighted by Gasteiger charge is 2.22. The van der Waals surface area contributed by atoms with Gasteiger partial charge in [0.25, 0.3) is 0 Å². The van der Waals surface area contributed by atoms with Crippen molar-refractivity contribution in [1.82, 2.24) is 30.4 Å². The number of ether oxygens (including phenoxy) is 1. The van der Waals surface area contributed by atoms with Crippen molar-refractivity contribution in [3.05, 3.63) is 36.0 Å². The Hall–Kier alpha value is -3.35. The first-order valence-corrected chi connectivity index (χ1v) is 14.7. The zero-order valence-corrected chi connectivity index (χ0v) is 25.3. The first-order chi connectivity index (χ1) is 19.4. The van der Waals surface area contributed by atoms with Crippen molar-refractivity contribution in [2.45, 2.75) is 51.1 Å². The molecule has 3 rings (SSSR count). The molecule has 11 nitrogen and oxygen atoms in total. The van der Waals surface area contributed by atoms with Gasteiger partial charge in [-0.1, -0.05) is 20.8 Å². The fraction of sp³-hybridized carbons (Fsp3) is 0.500. The molecule has 2 heterocycles. The summed E-state index contributed by atoms with van der Waals surface area (Å²) in [6.07, 6.45) is 0.959. The number of anilines is 4. The van der Waals surface area contributed by atoms with Gasteiger partial charge in [0.1, 0.15) is 0 Å². The van der Waals surface area contributed by atoms with Gasteiger partial charge in [0.2, 0.25) is 11.7 Å². The SMILES string of the molecule is CCCN(CCNCCN(CC)CC)c1nc(Sc2ccc(NC(C)=O)cc2)nc(Nc2cc(C)[nH]n2)c1OC. The molecule has 0 aliphatic heterocycles. The van der Waals surface area contributed by atoms with E-state index in [1.165, 1.54) is 18.7 Å². The predicted octanol–water partition coefficient (Wildman–Crippen LogP) is 4.52. The number of H-pyrrole nitrogens is 1. The second-order valence-corrected chi connectivity index (χ2v) is 10.4. The molecule has 0 radical (unpaired) electrons. The lowest BCUT2D eigenvalue weighted by atomic mass is 10.3. The van der Waals surface area contributed by atoms with Crippen LogP contribution in [0.1, 0.15) is 39.8 Å². The molecular weight excluding hydrogens is 526 g/mol. The van der Waals surface area contributed by atoms with Crippen molar-refractivity contribution in [1.29, 1.82) is 0 Å². The number of hydrogen-bond acceptors (Lipinski definition) is 10. The van der Waals surface area contributed by atoms with E-state index in [-0.39, 0.29) is 5.91 Å². The number of likely N-dealkylation sites (N-methyl/N-ethyl adjacent to an activating group) is 1. The number of methoxy groups -OCH3 is 1. The molecule has 0 saturated carbocycles. The van der Waals surface area contributed by atoms with E-state index in [1.54, 1.807) is 7.11 Å². The molecule has 0 unspecified atom stereocenters. The van der Waals surface area contributed by atoms with Crippen LogP contribution >= 0.6 is 11.8 Å². The number of aromatic nitrogens is 4. The molecule has 1 aromatic carbocycles. The standard InChI is InChI=1S/C28H43N9O2S/c1-7-16-37(18-15-29-14-17-36(8-2)9-3)27-25(39-6)26(31-24-19-20(4)34-35-24)32-28(33-27)40-23-12-10-22(11-13-23)30-21(5)38/h10-13,19,29H,7-9,14-18H2,1-6H3,(H,30,38)(H2,31,32,33,34,35). The maximum absolute atomic E-state index is 11.4. The molecule has 2 aromatic heterocycles. The van der Waals surface area contributed by atoms with Gasteiger partial charge in [-0.15, -0.1) is 0 Å². The van der Waals surface area contributed by atoms with E-state index >= 15 is 0 Å². The van der Waals surface area contributed by atoms with Crippen LogP contribution in [0.3, 0.4) is 0 Å². The summed E-state index contributed by atoms with van der Waals surface area (Å²) >= 11 is 1.45. The normalized spacial score (nSPS) is 11.1. The zero-order valence-electron chi connectivity index (χ0n) is 24.5. The van der Waals surface area contributed by atoms with Gasteiger partial charge in [0.15, 0.2) is 22.6 Å². The summed E-state index contributed by atoms with van der Waals surface area (Å²) in [5.41, 5.74) is 1.68. The van der Waals surface area contributed by atoms with Gasteiger partial charge in [-0.2, -0.15) is 5.10 Å². The zero-order chi connectivity index (χ0) is 28.9. The number of hydrogen-bond donors (Lipinski definition) is 4. The van der Waals surface area contributed by atoms with Gasteiger partial charge >= 0.3 is 0 Å². The number of aryl methyl sites for hydroxylation is 1. The molecule has 0 bridgehead atoms. The van der Waals surface area contributed by atoms with Crippen molar-refractivity contribution in [3.63, 3.8) is 0 Å². The molecule has 218 valence electrons. The summed E-state index contributed by atoms with van der Waals surface area (Å²) in [4.78, 5) is 26.8. The number of amides is 1. The van der Waals surface area contributed by atoms with Gasteiger partial charge in [-0.05, 0) is 62.5 Å². The summed E-state index contributed by atoms with van der Waals surface area (Å²) in [5.74, 6) is 2.40. The average Bonchev–Trinajstić information content (AvgIpc) is 3.35. The molecule has 4 N–H and O–H groups in total. The van der Waals surface area contributed by atoms with Gasteiger partial charge in [0.05, 0.1) is 7.11 Å². The van der Waals surface area contributed by atoms with Crippen LogP contribution < -0.4 is 25.6 Å². The van der Waals surface area contributed by atoms with Crippen LogP contribution in [0.4, 0.5) is 23.1 Å². The first kappa shape index (κ1) is 31.2. The molecule has 1 amide bonds. The third-order valence-electron chi connectivity index (χ3n) is 6.22. The summed E-state index contributed by atoms with van der Waals surface area (Å²) < 4.78 is 5.89. The Morgan fingerprint density at radius 1 is 1.05 bits per heavy atom. The van der Waals surface area contributed by atoms with Crippen LogP contribution in [0.2, 0.25) is 0 Å². The highest BCUT2D eigenvalue weighted by molar-refractivity contribution is 7.99. The summed E-state index contributed by atoms with van der Waals surface area (Å²) in [7, 11) is 1.64. The molecule has 12 heteroatoms. The first-order valence-electron chi connectivity index (χ1n) is 13.8. The Morgan fingerprint density at radius 2 is 1.77 bits per heavy atom. The Balaban J connectivity index is 1.88. The summed E-state index contributed by atoms with van der Waals surface area (Å²) in [6, 6.07) is 9.53. The van der Waals surface area contributed by atoms with Gasteiger partial charge < -0.3 is 30.5 Å². The van der Waals surface area contributed by atoms with Gasteiger partial charge in [-0.3, -0.25) is 9.89 Å². The lowest BCUT2D eigenvalue weighted by molar-refractivity contribution is -0.114. The average molecular weight is 570 g/mol. The third-order valence-corrected chi connectivity index (χ3v) is 7.09. The van der Waals surface area contributed by atoms with E-state index in [0.717, 1.165) is 74.3 Å². The molecule has 0 saturated heterocycles. The van der Waals surface area contributed by atoms with Crippen LogP contribution in [0, 0.1) is 6.92 Å². The van der Waals surface area contributed by atoms with Crippen molar-refractivity contribution in [2.75, 3.05) is 68.5 Å². The van der Waals surface area contributed by atoms with E-state index in [2.05, 4.69) is 56.7 Å². The maximum Gasteiger partial charge on any atom is 0.221 e. The second-order valence-electron chi connectivity index (χ2n) is 9.34. The highest BCUT2D eigenvalue weighted by Crippen LogP contribution is 2.38. The minimum atomic E-state index is -0.105. The lowest BCUT2D eigenvalue weighted by Crippen LogP contribution is -2.37. The summed E-state index contributed by atoms with van der Waals surface area (Å²) in [5, 5.41) is 17.5. The van der Waals surface area contributed by atoms with Crippen LogP contribution in [0.15, 0.2) is 40.4 Å². The minimum Gasteiger partial charge on any atom is -0.490 e. The number of aromatic amines is 1. The fourth-order valence-corrected chi connectivity index (χ4v) is 4.93. The maximum atomic E-state index is 11.4.